The molecule has 3 rings (SSSR count). The van der Waals surface area contributed by atoms with Gasteiger partial charge in [0, 0.05) is 5.69 Å². The minimum atomic E-state index is -0.203. The molecule has 3 aromatic rings. The van der Waals surface area contributed by atoms with Gasteiger partial charge in [0.05, 0.1) is 6.54 Å². The Labute approximate surface area is 147 Å². The van der Waals surface area contributed by atoms with Crippen LogP contribution in [0.25, 0.3) is 0 Å². The first-order valence-electron chi connectivity index (χ1n) is 8.15. The van der Waals surface area contributed by atoms with Gasteiger partial charge in [-0.15, -0.1) is 0 Å². The molecular formula is C21H20N2O2. The summed E-state index contributed by atoms with van der Waals surface area (Å²) in [5.41, 5.74) is 1.90. The van der Waals surface area contributed by atoms with E-state index < -0.39 is 0 Å². The molecule has 0 spiro atoms. The predicted molar refractivity (Wildman–Crippen MR) is 99.5 cm³/mol. The number of carbonyl (C=O) groups excluding carboxylic acids is 1. The van der Waals surface area contributed by atoms with Crippen LogP contribution in [0.1, 0.15) is 5.56 Å². The summed E-state index contributed by atoms with van der Waals surface area (Å²) < 4.78 is 5.55. The number of para-hydroxylation sites is 2. The number of hydrogen-bond acceptors (Lipinski definition) is 2. The van der Waals surface area contributed by atoms with Crippen LogP contribution in [0, 0.1) is 0 Å². The fourth-order valence-electron chi connectivity index (χ4n) is 2.45. The Morgan fingerprint density at radius 3 is 2.00 bits per heavy atom. The first-order chi connectivity index (χ1) is 12.3. The van der Waals surface area contributed by atoms with Gasteiger partial charge in [0.25, 0.3) is 0 Å². The van der Waals surface area contributed by atoms with Gasteiger partial charge in [0.2, 0.25) is 0 Å². The van der Waals surface area contributed by atoms with E-state index in [0.717, 1.165) is 17.0 Å². The van der Waals surface area contributed by atoms with Crippen LogP contribution in [0.2, 0.25) is 0 Å². The van der Waals surface area contributed by atoms with Gasteiger partial charge in [-0.05, 0) is 29.8 Å². The average Bonchev–Trinajstić information content (AvgIpc) is 2.68. The first-order valence-corrected chi connectivity index (χ1v) is 8.15. The van der Waals surface area contributed by atoms with E-state index in [1.54, 1.807) is 4.90 Å². The smallest absolute Gasteiger partial charge is 0.324 e. The second kappa shape index (κ2) is 8.55. The largest absolute Gasteiger partial charge is 0.473 e. The number of amides is 2. The van der Waals surface area contributed by atoms with E-state index >= 15 is 0 Å². The third-order valence-corrected chi connectivity index (χ3v) is 3.70. The monoisotopic (exact) mass is 332 g/mol. The van der Waals surface area contributed by atoms with Gasteiger partial charge in [-0.1, -0.05) is 66.7 Å². The van der Waals surface area contributed by atoms with Crippen molar-refractivity contribution in [3.8, 4) is 5.75 Å². The molecule has 0 bridgehead atoms. The maximum atomic E-state index is 12.7. The Balaban J connectivity index is 1.67. The standard InChI is InChI=1S/C21H20N2O2/c24-21(22-17-25-20-14-8-3-9-15-20)23(19-12-6-2-7-13-19)16-18-10-4-1-5-11-18/h1-15H,16-17H2,(H,22,24). The van der Waals surface area contributed by atoms with Crippen LogP contribution in [0.4, 0.5) is 10.5 Å². The van der Waals surface area contributed by atoms with Crippen LogP contribution >= 0.6 is 0 Å². The van der Waals surface area contributed by atoms with Crippen LogP contribution in [-0.2, 0) is 6.54 Å². The van der Waals surface area contributed by atoms with E-state index in [2.05, 4.69) is 5.32 Å². The summed E-state index contributed by atoms with van der Waals surface area (Å²) in [5.74, 6) is 0.720. The highest BCUT2D eigenvalue weighted by molar-refractivity contribution is 5.91. The second-order valence-electron chi connectivity index (χ2n) is 5.49. The van der Waals surface area contributed by atoms with Gasteiger partial charge in [0.15, 0.2) is 6.73 Å². The van der Waals surface area contributed by atoms with Crippen LogP contribution in [0.3, 0.4) is 0 Å². The topological polar surface area (TPSA) is 41.6 Å². The van der Waals surface area contributed by atoms with Crippen molar-refractivity contribution < 1.29 is 9.53 Å². The highest BCUT2D eigenvalue weighted by Gasteiger charge is 2.15. The molecule has 25 heavy (non-hydrogen) atoms. The summed E-state index contributed by atoms with van der Waals surface area (Å²) in [6, 6.07) is 28.7. The summed E-state index contributed by atoms with van der Waals surface area (Å²) in [5, 5.41) is 2.81. The molecule has 0 aliphatic heterocycles. The highest BCUT2D eigenvalue weighted by Crippen LogP contribution is 2.17. The van der Waals surface area contributed by atoms with Gasteiger partial charge in [0.1, 0.15) is 5.75 Å². The fourth-order valence-corrected chi connectivity index (χ4v) is 2.45. The van der Waals surface area contributed by atoms with Gasteiger partial charge >= 0.3 is 6.03 Å². The van der Waals surface area contributed by atoms with E-state index in [9.17, 15) is 4.79 Å². The van der Waals surface area contributed by atoms with E-state index in [-0.39, 0.29) is 12.8 Å². The maximum Gasteiger partial charge on any atom is 0.324 e. The molecule has 0 aliphatic rings. The van der Waals surface area contributed by atoms with Gasteiger partial charge in [-0.25, -0.2) is 4.79 Å². The Bertz CT molecular complexity index is 777. The van der Waals surface area contributed by atoms with Crippen molar-refractivity contribution in [1.82, 2.24) is 5.32 Å². The molecule has 4 heteroatoms. The summed E-state index contributed by atoms with van der Waals surface area (Å²) in [4.78, 5) is 14.4. The molecule has 4 nitrogen and oxygen atoms in total. The van der Waals surface area contributed by atoms with Crippen molar-refractivity contribution in [3.63, 3.8) is 0 Å². The number of rotatable bonds is 6. The van der Waals surface area contributed by atoms with Crippen LogP contribution in [0.15, 0.2) is 91.0 Å². The summed E-state index contributed by atoms with van der Waals surface area (Å²) in [6.07, 6.45) is 0. The normalized spacial score (nSPS) is 10.1. The van der Waals surface area contributed by atoms with Gasteiger partial charge in [-0.2, -0.15) is 0 Å². The van der Waals surface area contributed by atoms with Crippen molar-refractivity contribution in [3.05, 3.63) is 96.6 Å². The lowest BCUT2D eigenvalue weighted by Gasteiger charge is -2.23. The molecule has 126 valence electrons. The van der Waals surface area contributed by atoms with E-state index in [1.165, 1.54) is 0 Å². The zero-order valence-corrected chi connectivity index (χ0v) is 13.8. The lowest BCUT2D eigenvalue weighted by Crippen LogP contribution is -2.41. The minimum Gasteiger partial charge on any atom is -0.473 e. The van der Waals surface area contributed by atoms with Crippen LogP contribution in [0.5, 0.6) is 5.75 Å². The molecule has 0 aliphatic carbocycles. The molecule has 0 aromatic heterocycles. The van der Waals surface area contributed by atoms with Crippen molar-refractivity contribution in [1.29, 1.82) is 0 Å². The average molecular weight is 332 g/mol. The quantitative estimate of drug-likeness (QED) is 0.678. The molecule has 0 unspecified atom stereocenters. The number of urea groups is 1. The maximum absolute atomic E-state index is 12.7. The fraction of sp³-hybridized carbons (Fsp3) is 0.0952. The second-order valence-corrected chi connectivity index (χ2v) is 5.49. The zero-order chi connectivity index (χ0) is 17.3. The molecule has 3 aromatic carbocycles. The number of hydrogen-bond donors (Lipinski definition) is 1. The van der Waals surface area contributed by atoms with Crippen molar-refractivity contribution in [2.45, 2.75) is 6.54 Å². The third-order valence-electron chi connectivity index (χ3n) is 3.70. The molecule has 0 saturated carbocycles. The molecule has 0 heterocycles. The van der Waals surface area contributed by atoms with Crippen molar-refractivity contribution >= 4 is 11.7 Å². The Kier molecular flexibility index (Phi) is 5.67. The van der Waals surface area contributed by atoms with Crippen LogP contribution in [-0.4, -0.2) is 12.8 Å². The highest BCUT2D eigenvalue weighted by atomic mass is 16.5. The lowest BCUT2D eigenvalue weighted by atomic mass is 10.2. The van der Waals surface area contributed by atoms with E-state index in [0.29, 0.717) is 6.54 Å². The zero-order valence-electron chi connectivity index (χ0n) is 13.8. The molecule has 0 atom stereocenters. The minimum absolute atomic E-state index is 0.112. The molecular weight excluding hydrogens is 312 g/mol. The number of benzene rings is 3. The lowest BCUT2D eigenvalue weighted by molar-refractivity contribution is 0.229. The van der Waals surface area contributed by atoms with Crippen molar-refractivity contribution in [2.75, 3.05) is 11.6 Å². The molecule has 0 fully saturated rings. The summed E-state index contributed by atoms with van der Waals surface area (Å²) >= 11 is 0. The number of ether oxygens (including phenoxy) is 1. The predicted octanol–water partition coefficient (Wildman–Crippen LogP) is 4.44. The first kappa shape index (κ1) is 16.6. The van der Waals surface area contributed by atoms with Gasteiger partial charge in [-0.3, -0.25) is 4.90 Å². The number of nitrogens with one attached hydrogen (secondary N) is 1. The number of nitrogens with zero attached hydrogens (tertiary/aromatic N) is 1. The Hall–Kier alpha value is -3.27. The molecule has 1 N–H and O–H groups in total. The molecule has 0 radical (unpaired) electrons. The van der Waals surface area contributed by atoms with Crippen molar-refractivity contribution in [2.24, 2.45) is 0 Å². The number of carbonyl (C=O) groups is 1. The Morgan fingerprint density at radius 2 is 1.36 bits per heavy atom. The third kappa shape index (κ3) is 4.85. The summed E-state index contributed by atoms with van der Waals surface area (Å²) in [7, 11) is 0. The van der Waals surface area contributed by atoms with E-state index in [4.69, 9.17) is 4.74 Å². The van der Waals surface area contributed by atoms with Gasteiger partial charge < -0.3 is 10.1 Å². The summed E-state index contributed by atoms with van der Waals surface area (Å²) in [6.45, 7) is 0.600. The molecule has 2 amide bonds. The van der Waals surface area contributed by atoms with Crippen LogP contribution < -0.4 is 15.0 Å². The van der Waals surface area contributed by atoms with E-state index in [1.807, 2.05) is 91.0 Å². The number of anilines is 1. The molecule has 0 saturated heterocycles. The SMILES string of the molecule is O=C(NCOc1ccccc1)N(Cc1ccccc1)c1ccccc1. The Morgan fingerprint density at radius 1 is 0.800 bits per heavy atom.